The third kappa shape index (κ3) is 3.51. The van der Waals surface area contributed by atoms with Crippen molar-refractivity contribution in [3.8, 4) is 5.75 Å². The molecule has 0 fully saturated rings. The second-order valence-electron chi connectivity index (χ2n) is 4.15. The average Bonchev–Trinajstić information content (AvgIpc) is 2.44. The van der Waals surface area contributed by atoms with Crippen molar-refractivity contribution in [3.63, 3.8) is 0 Å². The van der Waals surface area contributed by atoms with E-state index in [-0.39, 0.29) is 5.91 Å². The summed E-state index contributed by atoms with van der Waals surface area (Å²) >= 11 is 3.33. The number of halogens is 1. The SMILES string of the molecule is CCOc1ccc(C(=O)Nc2ccc(N)c(Br)c2)cc1. The average molecular weight is 335 g/mol. The first-order valence-corrected chi connectivity index (χ1v) is 6.98. The number of benzene rings is 2. The van der Waals surface area contributed by atoms with E-state index in [4.69, 9.17) is 10.5 Å². The number of carbonyl (C=O) groups excluding carboxylic acids is 1. The molecule has 0 saturated heterocycles. The van der Waals surface area contributed by atoms with Crippen LogP contribution in [0, 0.1) is 0 Å². The van der Waals surface area contributed by atoms with Gasteiger partial charge in [-0.15, -0.1) is 0 Å². The van der Waals surface area contributed by atoms with E-state index in [1.807, 2.05) is 6.92 Å². The molecule has 5 heteroatoms. The second-order valence-corrected chi connectivity index (χ2v) is 5.00. The maximum Gasteiger partial charge on any atom is 0.255 e. The van der Waals surface area contributed by atoms with Gasteiger partial charge in [0.2, 0.25) is 0 Å². The molecule has 20 heavy (non-hydrogen) atoms. The molecule has 0 bridgehead atoms. The lowest BCUT2D eigenvalue weighted by atomic mass is 10.2. The van der Waals surface area contributed by atoms with Crippen molar-refractivity contribution in [2.45, 2.75) is 6.92 Å². The summed E-state index contributed by atoms with van der Waals surface area (Å²) < 4.78 is 6.09. The first-order chi connectivity index (χ1) is 9.60. The largest absolute Gasteiger partial charge is 0.494 e. The van der Waals surface area contributed by atoms with Crippen LogP contribution in [0.1, 0.15) is 17.3 Å². The molecule has 0 saturated carbocycles. The number of hydrogen-bond donors (Lipinski definition) is 2. The van der Waals surface area contributed by atoms with Gasteiger partial charge in [0.15, 0.2) is 0 Å². The molecule has 0 aliphatic heterocycles. The Balaban J connectivity index is 2.09. The molecule has 0 aliphatic carbocycles. The zero-order valence-electron chi connectivity index (χ0n) is 11.0. The molecule has 0 heterocycles. The van der Waals surface area contributed by atoms with Gasteiger partial charge in [-0.3, -0.25) is 4.79 Å². The molecule has 0 aromatic heterocycles. The molecule has 2 rings (SSSR count). The Morgan fingerprint density at radius 1 is 1.25 bits per heavy atom. The van der Waals surface area contributed by atoms with E-state index >= 15 is 0 Å². The standard InChI is InChI=1S/C15H15BrN2O2/c1-2-20-12-6-3-10(4-7-12)15(19)18-11-5-8-14(17)13(16)9-11/h3-9H,2,17H2,1H3,(H,18,19). The summed E-state index contributed by atoms with van der Waals surface area (Å²) in [6.07, 6.45) is 0. The molecule has 1 amide bonds. The van der Waals surface area contributed by atoms with Gasteiger partial charge in [-0.05, 0) is 65.3 Å². The van der Waals surface area contributed by atoms with Crippen LogP contribution in [-0.4, -0.2) is 12.5 Å². The highest BCUT2D eigenvalue weighted by Crippen LogP contribution is 2.23. The van der Waals surface area contributed by atoms with Gasteiger partial charge >= 0.3 is 0 Å². The summed E-state index contributed by atoms with van der Waals surface area (Å²) in [6.45, 7) is 2.52. The van der Waals surface area contributed by atoms with Gasteiger partial charge in [0.05, 0.1) is 6.61 Å². The molecule has 0 unspecified atom stereocenters. The zero-order chi connectivity index (χ0) is 14.5. The Labute approximate surface area is 126 Å². The highest BCUT2D eigenvalue weighted by molar-refractivity contribution is 9.10. The molecular weight excluding hydrogens is 320 g/mol. The van der Waals surface area contributed by atoms with Crippen LogP contribution in [0.15, 0.2) is 46.9 Å². The fourth-order valence-corrected chi connectivity index (χ4v) is 2.06. The number of anilines is 2. The number of nitrogen functional groups attached to an aromatic ring is 1. The Morgan fingerprint density at radius 2 is 1.95 bits per heavy atom. The number of nitrogens with two attached hydrogens (primary N) is 1. The lowest BCUT2D eigenvalue weighted by Gasteiger charge is -2.08. The predicted octanol–water partition coefficient (Wildman–Crippen LogP) is 3.68. The fraction of sp³-hybridized carbons (Fsp3) is 0.133. The summed E-state index contributed by atoms with van der Waals surface area (Å²) in [5.74, 6) is 0.573. The molecular formula is C15H15BrN2O2. The van der Waals surface area contributed by atoms with Gasteiger partial charge in [-0.25, -0.2) is 0 Å². The van der Waals surface area contributed by atoms with Gasteiger partial charge in [0.25, 0.3) is 5.91 Å². The Morgan fingerprint density at radius 3 is 2.55 bits per heavy atom. The van der Waals surface area contributed by atoms with Gasteiger partial charge in [-0.1, -0.05) is 0 Å². The lowest BCUT2D eigenvalue weighted by Crippen LogP contribution is -2.11. The van der Waals surface area contributed by atoms with Crippen LogP contribution < -0.4 is 15.8 Å². The quantitative estimate of drug-likeness (QED) is 0.838. The highest BCUT2D eigenvalue weighted by Gasteiger charge is 2.07. The van der Waals surface area contributed by atoms with E-state index in [9.17, 15) is 4.79 Å². The van der Waals surface area contributed by atoms with E-state index in [0.29, 0.717) is 23.5 Å². The highest BCUT2D eigenvalue weighted by atomic mass is 79.9. The van der Waals surface area contributed by atoms with E-state index in [1.54, 1.807) is 42.5 Å². The van der Waals surface area contributed by atoms with Crippen molar-refractivity contribution in [2.75, 3.05) is 17.7 Å². The minimum atomic E-state index is -0.176. The smallest absolute Gasteiger partial charge is 0.255 e. The molecule has 0 radical (unpaired) electrons. The number of hydrogen-bond acceptors (Lipinski definition) is 3. The van der Waals surface area contributed by atoms with Crippen LogP contribution in [0.3, 0.4) is 0 Å². The number of nitrogens with one attached hydrogen (secondary N) is 1. The summed E-state index contributed by atoms with van der Waals surface area (Å²) in [5, 5.41) is 2.81. The van der Waals surface area contributed by atoms with Crippen molar-refractivity contribution in [3.05, 3.63) is 52.5 Å². The van der Waals surface area contributed by atoms with Gasteiger partial charge in [-0.2, -0.15) is 0 Å². The van der Waals surface area contributed by atoms with Crippen LogP contribution in [0.4, 0.5) is 11.4 Å². The van der Waals surface area contributed by atoms with E-state index in [2.05, 4.69) is 21.2 Å². The Kier molecular flexibility index (Phi) is 4.63. The molecule has 0 aliphatic rings. The van der Waals surface area contributed by atoms with Crippen molar-refractivity contribution in [1.29, 1.82) is 0 Å². The number of amides is 1. The van der Waals surface area contributed by atoms with E-state index < -0.39 is 0 Å². The van der Waals surface area contributed by atoms with Crippen molar-refractivity contribution < 1.29 is 9.53 Å². The third-order valence-electron chi connectivity index (χ3n) is 2.69. The summed E-state index contributed by atoms with van der Waals surface area (Å²) in [6, 6.07) is 12.3. The monoisotopic (exact) mass is 334 g/mol. The van der Waals surface area contributed by atoms with Gasteiger partial charge < -0.3 is 15.8 Å². The normalized spacial score (nSPS) is 10.1. The molecule has 0 atom stereocenters. The van der Waals surface area contributed by atoms with Gasteiger partial charge in [0.1, 0.15) is 5.75 Å². The minimum Gasteiger partial charge on any atom is -0.494 e. The number of carbonyl (C=O) groups is 1. The molecule has 4 nitrogen and oxygen atoms in total. The zero-order valence-corrected chi connectivity index (χ0v) is 12.6. The first-order valence-electron chi connectivity index (χ1n) is 6.19. The molecule has 104 valence electrons. The summed E-state index contributed by atoms with van der Waals surface area (Å²) in [5.41, 5.74) is 7.59. The van der Waals surface area contributed by atoms with Crippen LogP contribution in [0.5, 0.6) is 5.75 Å². The van der Waals surface area contributed by atoms with Crippen LogP contribution in [0.2, 0.25) is 0 Å². The third-order valence-corrected chi connectivity index (χ3v) is 3.37. The van der Waals surface area contributed by atoms with Crippen LogP contribution >= 0.6 is 15.9 Å². The maximum atomic E-state index is 12.1. The maximum absolute atomic E-state index is 12.1. The van der Waals surface area contributed by atoms with Crippen molar-refractivity contribution in [2.24, 2.45) is 0 Å². The van der Waals surface area contributed by atoms with E-state index in [0.717, 1.165) is 10.2 Å². The lowest BCUT2D eigenvalue weighted by molar-refractivity contribution is 0.102. The molecule has 3 N–H and O–H groups in total. The number of rotatable bonds is 4. The minimum absolute atomic E-state index is 0.176. The predicted molar refractivity (Wildman–Crippen MR) is 84.1 cm³/mol. The van der Waals surface area contributed by atoms with Crippen molar-refractivity contribution in [1.82, 2.24) is 0 Å². The van der Waals surface area contributed by atoms with Crippen LogP contribution in [-0.2, 0) is 0 Å². The Bertz CT molecular complexity index is 612. The van der Waals surface area contributed by atoms with Gasteiger partial charge in [0, 0.05) is 21.4 Å². The summed E-state index contributed by atoms with van der Waals surface area (Å²) in [7, 11) is 0. The summed E-state index contributed by atoms with van der Waals surface area (Å²) in [4.78, 5) is 12.1. The number of ether oxygens (including phenoxy) is 1. The van der Waals surface area contributed by atoms with E-state index in [1.165, 1.54) is 0 Å². The van der Waals surface area contributed by atoms with Crippen LogP contribution in [0.25, 0.3) is 0 Å². The fourth-order valence-electron chi connectivity index (χ4n) is 1.68. The second kappa shape index (κ2) is 6.43. The topological polar surface area (TPSA) is 64.3 Å². The first kappa shape index (κ1) is 14.4. The molecule has 2 aromatic carbocycles. The molecule has 0 spiro atoms. The Hall–Kier alpha value is -2.01. The van der Waals surface area contributed by atoms with Crippen molar-refractivity contribution >= 4 is 33.2 Å². The molecule has 2 aromatic rings.